The lowest BCUT2D eigenvalue weighted by molar-refractivity contribution is -0.903. The molecule has 1 amide bonds. The largest absolute Gasteiger partial charge is 0.586 e. The number of rotatable bonds is 6. The van der Waals surface area contributed by atoms with E-state index in [9.17, 15) is 13.6 Å². The molecule has 0 spiro atoms. The van der Waals surface area contributed by atoms with Gasteiger partial charge in [0.2, 0.25) is 0 Å². The van der Waals surface area contributed by atoms with E-state index in [0.717, 1.165) is 18.0 Å². The monoisotopic (exact) mass is 355 g/mol. The Kier molecular flexibility index (Phi) is 4.68. The van der Waals surface area contributed by atoms with Crippen molar-refractivity contribution >= 4 is 22.9 Å². The van der Waals surface area contributed by atoms with E-state index in [2.05, 4.69) is 14.8 Å². The van der Waals surface area contributed by atoms with Gasteiger partial charge in [-0.2, -0.15) is 0 Å². The fourth-order valence-electron chi connectivity index (χ4n) is 2.43. The summed E-state index contributed by atoms with van der Waals surface area (Å²) in [7, 11) is 0. The minimum atomic E-state index is -3.66. The molecule has 128 valence electrons. The van der Waals surface area contributed by atoms with Crippen LogP contribution in [-0.4, -0.2) is 25.3 Å². The fraction of sp³-hybridized carbons (Fsp3) is 0.312. The van der Waals surface area contributed by atoms with Gasteiger partial charge >= 0.3 is 6.29 Å². The normalized spacial score (nSPS) is 16.0. The smallest absolute Gasteiger partial charge is 0.395 e. The Hall–Kier alpha value is -2.19. The highest BCUT2D eigenvalue weighted by Gasteiger charge is 2.43. The van der Waals surface area contributed by atoms with Crippen molar-refractivity contribution in [2.45, 2.75) is 19.8 Å². The molecule has 1 aliphatic rings. The van der Waals surface area contributed by atoms with Gasteiger partial charge in [0.25, 0.3) is 5.91 Å². The van der Waals surface area contributed by atoms with Crippen LogP contribution in [0.1, 0.15) is 11.8 Å². The van der Waals surface area contributed by atoms with Crippen LogP contribution < -0.4 is 19.7 Å². The Morgan fingerprint density at radius 3 is 2.79 bits per heavy atom. The van der Waals surface area contributed by atoms with Crippen LogP contribution in [0.25, 0.3) is 0 Å². The van der Waals surface area contributed by atoms with Crippen LogP contribution in [0, 0.1) is 0 Å². The first-order chi connectivity index (χ1) is 11.4. The first-order valence-electron chi connectivity index (χ1n) is 7.51. The van der Waals surface area contributed by atoms with Crippen LogP contribution in [-0.2, 0) is 11.3 Å². The maximum Gasteiger partial charge on any atom is 0.586 e. The Labute approximate surface area is 141 Å². The van der Waals surface area contributed by atoms with Crippen LogP contribution in [0.5, 0.6) is 11.5 Å². The minimum Gasteiger partial charge on any atom is -0.395 e. The van der Waals surface area contributed by atoms with Gasteiger partial charge in [0.15, 0.2) is 18.0 Å². The number of thiophene rings is 1. The highest BCUT2D eigenvalue weighted by molar-refractivity contribution is 7.09. The Bertz CT molecular complexity index is 722. The van der Waals surface area contributed by atoms with Crippen LogP contribution in [0.4, 0.5) is 14.5 Å². The molecule has 1 unspecified atom stereocenters. The predicted molar refractivity (Wildman–Crippen MR) is 85.7 cm³/mol. The van der Waals surface area contributed by atoms with E-state index in [1.165, 1.54) is 23.1 Å². The van der Waals surface area contributed by atoms with Gasteiger partial charge < -0.3 is 19.7 Å². The van der Waals surface area contributed by atoms with Crippen molar-refractivity contribution < 1.29 is 27.9 Å². The number of carbonyl (C=O) groups excluding carboxylic acids is 1. The zero-order chi connectivity index (χ0) is 17.2. The van der Waals surface area contributed by atoms with Gasteiger partial charge in [0.1, 0.15) is 6.54 Å². The number of nitrogens with one attached hydrogen (secondary N) is 2. The van der Waals surface area contributed by atoms with Crippen LogP contribution in [0.15, 0.2) is 35.7 Å². The summed E-state index contributed by atoms with van der Waals surface area (Å²) in [5, 5.41) is 4.71. The van der Waals surface area contributed by atoms with Gasteiger partial charge in [-0.1, -0.05) is 6.07 Å². The Morgan fingerprint density at radius 2 is 2.08 bits per heavy atom. The molecule has 1 aromatic carbocycles. The number of amides is 1. The number of hydrogen-bond donors (Lipinski definition) is 2. The van der Waals surface area contributed by atoms with Crippen molar-refractivity contribution in [2.24, 2.45) is 0 Å². The van der Waals surface area contributed by atoms with Gasteiger partial charge in [-0.25, -0.2) is 0 Å². The quantitative estimate of drug-likeness (QED) is 0.835. The van der Waals surface area contributed by atoms with E-state index in [4.69, 9.17) is 0 Å². The molecular formula is C16H17F2N2O3S+. The first kappa shape index (κ1) is 16.7. The van der Waals surface area contributed by atoms with Crippen LogP contribution in [0.3, 0.4) is 0 Å². The molecule has 0 aliphatic carbocycles. The van der Waals surface area contributed by atoms with Crippen molar-refractivity contribution in [3.63, 3.8) is 0 Å². The second kappa shape index (κ2) is 6.74. The summed E-state index contributed by atoms with van der Waals surface area (Å²) in [6.45, 7) is 3.88. The highest BCUT2D eigenvalue weighted by Crippen LogP contribution is 2.42. The number of benzene rings is 1. The lowest BCUT2D eigenvalue weighted by atomic mass is 10.2. The van der Waals surface area contributed by atoms with E-state index in [1.54, 1.807) is 11.3 Å². The number of alkyl halides is 2. The predicted octanol–water partition coefficient (Wildman–Crippen LogP) is 2.11. The van der Waals surface area contributed by atoms with Gasteiger partial charge in [-0.05, 0) is 30.5 Å². The van der Waals surface area contributed by atoms with Crippen molar-refractivity contribution in [2.75, 3.05) is 18.4 Å². The third-order valence-electron chi connectivity index (χ3n) is 3.60. The van der Waals surface area contributed by atoms with Crippen molar-refractivity contribution in [1.29, 1.82) is 0 Å². The summed E-state index contributed by atoms with van der Waals surface area (Å²) >= 11 is 1.66. The van der Waals surface area contributed by atoms with Gasteiger partial charge in [-0.15, -0.1) is 20.1 Å². The van der Waals surface area contributed by atoms with Gasteiger partial charge in [0.05, 0.1) is 11.4 Å². The molecule has 3 rings (SSSR count). The molecule has 0 saturated carbocycles. The van der Waals surface area contributed by atoms with Gasteiger partial charge in [-0.3, -0.25) is 4.79 Å². The van der Waals surface area contributed by atoms with Crippen molar-refractivity contribution in [3.05, 3.63) is 40.6 Å². The molecule has 0 bridgehead atoms. The molecule has 1 aromatic heterocycles. The Morgan fingerprint density at radius 1 is 1.29 bits per heavy atom. The number of quaternary nitrogens is 1. The van der Waals surface area contributed by atoms with E-state index in [0.29, 0.717) is 12.2 Å². The molecular weight excluding hydrogens is 338 g/mol. The highest BCUT2D eigenvalue weighted by atomic mass is 32.1. The zero-order valence-electron chi connectivity index (χ0n) is 13.0. The molecule has 24 heavy (non-hydrogen) atoms. The topological polar surface area (TPSA) is 52.0 Å². The molecule has 0 fully saturated rings. The summed E-state index contributed by atoms with van der Waals surface area (Å²) in [4.78, 5) is 14.5. The number of ether oxygens (including phenoxy) is 2. The second-order valence-corrected chi connectivity index (χ2v) is 6.45. The third kappa shape index (κ3) is 4.01. The number of likely N-dealkylation sites (N-methyl/N-ethyl adjacent to an activating group) is 1. The maximum absolute atomic E-state index is 13.0. The molecule has 1 atom stereocenters. The summed E-state index contributed by atoms with van der Waals surface area (Å²) in [6, 6.07) is 8.21. The number of carbonyl (C=O) groups is 1. The molecule has 2 heterocycles. The van der Waals surface area contributed by atoms with E-state index in [1.807, 2.05) is 24.4 Å². The standard InChI is InChI=1S/C16H16F2N2O3S/c1-2-20(9-12-4-3-7-24-12)10-15(21)19-11-5-6-13-14(8-11)23-16(17,18)22-13/h3-8H,2,9-10H2,1H3,(H,19,21)/p+1. The minimum absolute atomic E-state index is 0.0449. The number of fused-ring (bicyclic) bond motifs is 1. The molecule has 8 heteroatoms. The van der Waals surface area contributed by atoms with Crippen molar-refractivity contribution in [3.8, 4) is 11.5 Å². The molecule has 0 saturated heterocycles. The van der Waals surface area contributed by atoms with E-state index >= 15 is 0 Å². The zero-order valence-corrected chi connectivity index (χ0v) is 13.8. The van der Waals surface area contributed by atoms with Gasteiger partial charge in [0, 0.05) is 11.8 Å². The van der Waals surface area contributed by atoms with E-state index < -0.39 is 6.29 Å². The average molecular weight is 355 g/mol. The SMILES string of the molecule is CC[NH+](CC(=O)Nc1ccc2c(c1)OC(F)(F)O2)Cc1cccs1. The number of hydrogen-bond acceptors (Lipinski definition) is 4. The lowest BCUT2D eigenvalue weighted by Gasteiger charge is -2.16. The summed E-state index contributed by atoms with van der Waals surface area (Å²) in [5.74, 6) is -0.318. The van der Waals surface area contributed by atoms with Crippen LogP contribution in [0.2, 0.25) is 0 Å². The second-order valence-electron chi connectivity index (χ2n) is 5.41. The summed E-state index contributed by atoms with van der Waals surface area (Å²) in [5.41, 5.74) is 0.395. The lowest BCUT2D eigenvalue weighted by Crippen LogP contribution is -3.11. The first-order valence-corrected chi connectivity index (χ1v) is 8.39. The third-order valence-corrected chi connectivity index (χ3v) is 4.48. The van der Waals surface area contributed by atoms with Crippen molar-refractivity contribution in [1.82, 2.24) is 0 Å². The maximum atomic E-state index is 13.0. The molecule has 2 aromatic rings. The number of anilines is 1. The van der Waals surface area contributed by atoms with Crippen LogP contribution >= 0.6 is 11.3 Å². The van der Waals surface area contributed by atoms with E-state index in [-0.39, 0.29) is 17.4 Å². The average Bonchev–Trinajstić information content (AvgIpc) is 3.11. The summed E-state index contributed by atoms with van der Waals surface area (Å²) < 4.78 is 34.7. The fourth-order valence-corrected chi connectivity index (χ4v) is 3.21. The molecule has 2 N–H and O–H groups in total. The molecule has 0 radical (unpaired) electrons. The molecule has 1 aliphatic heterocycles. The molecule has 5 nitrogen and oxygen atoms in total. The number of halogens is 2. The summed E-state index contributed by atoms with van der Waals surface area (Å²) in [6.07, 6.45) is -3.66. The Balaban J connectivity index is 1.59.